The van der Waals surface area contributed by atoms with Crippen LogP contribution in [0.25, 0.3) is 0 Å². The Morgan fingerprint density at radius 2 is 2.23 bits per heavy atom. The Labute approximate surface area is 76.5 Å². The first-order valence-electron chi connectivity index (χ1n) is 4.05. The zero-order valence-electron chi connectivity index (χ0n) is 7.70. The van der Waals surface area contributed by atoms with Crippen molar-refractivity contribution in [1.82, 2.24) is 0 Å². The SMILES string of the molecule is COC(=O)C1=C(OC)CCC1C=O. The van der Waals surface area contributed by atoms with Gasteiger partial charge in [-0.25, -0.2) is 4.79 Å². The number of hydrogen-bond donors (Lipinski definition) is 0. The molecule has 0 amide bonds. The molecule has 0 saturated heterocycles. The molecule has 0 spiro atoms. The van der Waals surface area contributed by atoms with Crippen LogP contribution in [0.2, 0.25) is 0 Å². The van der Waals surface area contributed by atoms with Crippen LogP contribution in [0.3, 0.4) is 0 Å². The van der Waals surface area contributed by atoms with Crippen LogP contribution < -0.4 is 0 Å². The third-order valence-electron chi connectivity index (χ3n) is 2.17. The number of ether oxygens (including phenoxy) is 2. The van der Waals surface area contributed by atoms with E-state index in [1.807, 2.05) is 0 Å². The van der Waals surface area contributed by atoms with Crippen molar-refractivity contribution in [3.8, 4) is 0 Å². The molecule has 0 fully saturated rings. The molecule has 13 heavy (non-hydrogen) atoms. The highest BCUT2D eigenvalue weighted by Crippen LogP contribution is 2.31. The van der Waals surface area contributed by atoms with E-state index in [0.29, 0.717) is 24.2 Å². The molecule has 72 valence electrons. The predicted octanol–water partition coefficient (Wildman–Crippen LogP) is 0.669. The number of carbonyl (C=O) groups excluding carboxylic acids is 2. The maximum Gasteiger partial charge on any atom is 0.337 e. The van der Waals surface area contributed by atoms with Crippen molar-refractivity contribution in [1.29, 1.82) is 0 Å². The highest BCUT2D eigenvalue weighted by Gasteiger charge is 2.31. The summed E-state index contributed by atoms with van der Waals surface area (Å²) in [4.78, 5) is 21.8. The van der Waals surface area contributed by atoms with E-state index in [9.17, 15) is 9.59 Å². The van der Waals surface area contributed by atoms with Crippen LogP contribution in [0.1, 0.15) is 12.8 Å². The Kier molecular flexibility index (Phi) is 3.06. The first-order chi connectivity index (χ1) is 6.24. The van der Waals surface area contributed by atoms with Crippen molar-refractivity contribution in [3.05, 3.63) is 11.3 Å². The highest BCUT2D eigenvalue weighted by atomic mass is 16.5. The van der Waals surface area contributed by atoms with Gasteiger partial charge in [-0.2, -0.15) is 0 Å². The number of methoxy groups -OCH3 is 2. The summed E-state index contributed by atoms with van der Waals surface area (Å²) in [6.45, 7) is 0. The Morgan fingerprint density at radius 3 is 2.69 bits per heavy atom. The molecule has 4 nitrogen and oxygen atoms in total. The molecule has 0 radical (unpaired) electrons. The van der Waals surface area contributed by atoms with Crippen molar-refractivity contribution < 1.29 is 19.1 Å². The molecule has 1 unspecified atom stereocenters. The summed E-state index contributed by atoms with van der Waals surface area (Å²) >= 11 is 0. The summed E-state index contributed by atoms with van der Waals surface area (Å²) < 4.78 is 9.56. The molecule has 0 aromatic heterocycles. The van der Waals surface area contributed by atoms with E-state index in [-0.39, 0.29) is 5.92 Å². The minimum Gasteiger partial charge on any atom is -0.501 e. The lowest BCUT2D eigenvalue weighted by Gasteiger charge is -2.06. The minimum absolute atomic E-state index is 0.359. The standard InChI is InChI=1S/C9H12O4/c1-12-7-4-3-6(5-10)8(7)9(11)13-2/h5-6H,3-4H2,1-2H3. The monoisotopic (exact) mass is 184 g/mol. The summed E-state index contributed by atoms with van der Waals surface area (Å²) in [5.74, 6) is -0.252. The number of esters is 1. The zero-order valence-corrected chi connectivity index (χ0v) is 7.70. The summed E-state index contributed by atoms with van der Waals surface area (Å²) in [5.41, 5.74) is 0.375. The highest BCUT2D eigenvalue weighted by molar-refractivity contribution is 5.94. The summed E-state index contributed by atoms with van der Waals surface area (Å²) in [6.07, 6.45) is 2.03. The van der Waals surface area contributed by atoms with Crippen molar-refractivity contribution in [3.63, 3.8) is 0 Å². The van der Waals surface area contributed by atoms with Gasteiger partial charge in [-0.05, 0) is 6.42 Å². The molecule has 0 aliphatic heterocycles. The largest absolute Gasteiger partial charge is 0.501 e. The number of carbonyl (C=O) groups is 2. The van der Waals surface area contributed by atoms with Gasteiger partial charge in [0.1, 0.15) is 12.0 Å². The van der Waals surface area contributed by atoms with Gasteiger partial charge < -0.3 is 14.3 Å². The summed E-state index contributed by atoms with van der Waals surface area (Å²) in [6, 6.07) is 0. The number of rotatable bonds is 3. The molecule has 0 aromatic rings. The first-order valence-corrected chi connectivity index (χ1v) is 4.05. The van der Waals surface area contributed by atoms with Crippen LogP contribution in [-0.2, 0) is 19.1 Å². The fraction of sp³-hybridized carbons (Fsp3) is 0.556. The van der Waals surface area contributed by atoms with Crippen molar-refractivity contribution in [2.24, 2.45) is 5.92 Å². The second-order valence-corrected chi connectivity index (χ2v) is 2.81. The molecule has 1 rings (SSSR count). The van der Waals surface area contributed by atoms with Gasteiger partial charge in [0.15, 0.2) is 0 Å². The Balaban J connectivity index is 2.94. The minimum atomic E-state index is -0.466. The quantitative estimate of drug-likeness (QED) is 0.478. The third kappa shape index (κ3) is 1.71. The van der Waals surface area contributed by atoms with E-state index in [1.54, 1.807) is 0 Å². The van der Waals surface area contributed by atoms with Crippen LogP contribution in [0.15, 0.2) is 11.3 Å². The smallest absolute Gasteiger partial charge is 0.337 e. The molecule has 4 heteroatoms. The van der Waals surface area contributed by atoms with Gasteiger partial charge in [0.05, 0.1) is 25.7 Å². The fourth-order valence-corrected chi connectivity index (χ4v) is 1.50. The summed E-state index contributed by atoms with van der Waals surface area (Å²) in [5, 5.41) is 0. The van der Waals surface area contributed by atoms with E-state index in [4.69, 9.17) is 4.74 Å². The van der Waals surface area contributed by atoms with E-state index in [0.717, 1.165) is 6.29 Å². The van der Waals surface area contributed by atoms with Crippen LogP contribution in [0.5, 0.6) is 0 Å². The molecule has 0 aromatic carbocycles. The molecule has 0 saturated carbocycles. The van der Waals surface area contributed by atoms with E-state index in [2.05, 4.69) is 4.74 Å². The van der Waals surface area contributed by atoms with Gasteiger partial charge in [-0.1, -0.05) is 0 Å². The van der Waals surface area contributed by atoms with Crippen LogP contribution in [-0.4, -0.2) is 26.5 Å². The third-order valence-corrected chi connectivity index (χ3v) is 2.17. The van der Waals surface area contributed by atoms with Gasteiger partial charge >= 0.3 is 5.97 Å². The van der Waals surface area contributed by atoms with Gasteiger partial charge in [0.2, 0.25) is 0 Å². The topological polar surface area (TPSA) is 52.6 Å². The van der Waals surface area contributed by atoms with Gasteiger partial charge in [0, 0.05) is 6.42 Å². The zero-order chi connectivity index (χ0) is 9.84. The fourth-order valence-electron chi connectivity index (χ4n) is 1.50. The van der Waals surface area contributed by atoms with Crippen molar-refractivity contribution >= 4 is 12.3 Å². The predicted molar refractivity (Wildman–Crippen MR) is 44.8 cm³/mol. The number of allylic oxidation sites excluding steroid dienone is 1. The Morgan fingerprint density at radius 1 is 1.54 bits per heavy atom. The molecule has 1 aliphatic rings. The molecular formula is C9H12O4. The van der Waals surface area contributed by atoms with E-state index >= 15 is 0 Å². The number of aldehydes is 1. The van der Waals surface area contributed by atoms with Gasteiger partial charge in [0.25, 0.3) is 0 Å². The van der Waals surface area contributed by atoms with Crippen molar-refractivity contribution in [2.45, 2.75) is 12.8 Å². The lowest BCUT2D eigenvalue weighted by atomic mass is 10.0. The Hall–Kier alpha value is -1.32. The molecule has 0 bridgehead atoms. The first kappa shape index (κ1) is 9.77. The van der Waals surface area contributed by atoms with Gasteiger partial charge in [-0.15, -0.1) is 0 Å². The normalized spacial score (nSPS) is 21.5. The maximum absolute atomic E-state index is 11.2. The molecule has 0 N–H and O–H groups in total. The van der Waals surface area contributed by atoms with E-state index < -0.39 is 5.97 Å². The average Bonchev–Trinajstić information content (AvgIpc) is 2.59. The summed E-state index contributed by atoms with van der Waals surface area (Å²) in [7, 11) is 2.79. The molecular weight excluding hydrogens is 172 g/mol. The maximum atomic E-state index is 11.2. The molecule has 1 atom stereocenters. The van der Waals surface area contributed by atoms with Crippen LogP contribution in [0, 0.1) is 5.92 Å². The van der Waals surface area contributed by atoms with E-state index in [1.165, 1.54) is 14.2 Å². The number of hydrogen-bond acceptors (Lipinski definition) is 4. The Bertz CT molecular complexity index is 254. The lowest BCUT2D eigenvalue weighted by molar-refractivity contribution is -0.137. The molecule has 0 heterocycles. The van der Waals surface area contributed by atoms with Crippen LogP contribution in [0.4, 0.5) is 0 Å². The average molecular weight is 184 g/mol. The van der Waals surface area contributed by atoms with Crippen LogP contribution >= 0.6 is 0 Å². The second-order valence-electron chi connectivity index (χ2n) is 2.81. The van der Waals surface area contributed by atoms with Gasteiger partial charge in [-0.3, -0.25) is 0 Å². The van der Waals surface area contributed by atoms with Crippen molar-refractivity contribution in [2.75, 3.05) is 14.2 Å². The lowest BCUT2D eigenvalue weighted by Crippen LogP contribution is -2.13. The second kappa shape index (κ2) is 4.07. The molecule has 1 aliphatic carbocycles.